The second-order valence-corrected chi connectivity index (χ2v) is 5.13. The molecular weight excluding hydrogens is 276 g/mol. The van der Waals surface area contributed by atoms with E-state index < -0.39 is 0 Å². The Bertz CT molecular complexity index is 605. The highest BCUT2D eigenvalue weighted by molar-refractivity contribution is 5.69. The summed E-state index contributed by atoms with van der Waals surface area (Å²) in [6.07, 6.45) is 2.03. The quantitative estimate of drug-likeness (QED) is 0.726. The van der Waals surface area contributed by atoms with E-state index in [1.165, 1.54) is 18.2 Å². The van der Waals surface area contributed by atoms with Crippen LogP contribution in [0.4, 0.5) is 0 Å². The van der Waals surface area contributed by atoms with Crippen LogP contribution in [-0.4, -0.2) is 13.1 Å². The summed E-state index contributed by atoms with van der Waals surface area (Å²) in [4.78, 5) is 11.3. The Morgan fingerprint density at radius 2 is 1.82 bits per heavy atom. The van der Waals surface area contributed by atoms with Gasteiger partial charge in [-0.2, -0.15) is 0 Å². The van der Waals surface area contributed by atoms with E-state index in [1.807, 2.05) is 42.5 Å². The summed E-state index contributed by atoms with van der Waals surface area (Å²) in [5.41, 5.74) is 3.55. The summed E-state index contributed by atoms with van der Waals surface area (Å²) >= 11 is 0. The highest BCUT2D eigenvalue weighted by atomic mass is 16.5. The van der Waals surface area contributed by atoms with Gasteiger partial charge in [0.05, 0.1) is 7.11 Å². The number of hydrogen-bond acceptors (Lipinski definition) is 3. The third-order valence-electron chi connectivity index (χ3n) is 3.63. The van der Waals surface area contributed by atoms with Gasteiger partial charge in [-0.25, -0.2) is 0 Å². The molecule has 0 saturated carbocycles. The highest BCUT2D eigenvalue weighted by Gasteiger charge is 2.07. The third kappa shape index (κ3) is 4.62. The normalized spacial score (nSPS) is 10.3. The number of rotatable bonds is 7. The number of carbonyl (C=O) groups is 1. The van der Waals surface area contributed by atoms with Gasteiger partial charge in [0.15, 0.2) is 0 Å². The Labute approximate surface area is 131 Å². The van der Waals surface area contributed by atoms with E-state index >= 15 is 0 Å². The van der Waals surface area contributed by atoms with Crippen molar-refractivity contribution in [1.82, 2.24) is 0 Å². The summed E-state index contributed by atoms with van der Waals surface area (Å²) in [6.45, 7) is 2.67. The predicted octanol–water partition coefficient (Wildman–Crippen LogP) is 3.93. The van der Waals surface area contributed by atoms with Gasteiger partial charge >= 0.3 is 5.97 Å². The third-order valence-corrected chi connectivity index (χ3v) is 3.63. The molecular formula is C19H22O3. The zero-order valence-corrected chi connectivity index (χ0v) is 13.2. The molecule has 2 aromatic carbocycles. The number of hydrogen-bond donors (Lipinski definition) is 0. The largest absolute Gasteiger partial charge is 0.489 e. The van der Waals surface area contributed by atoms with Gasteiger partial charge in [0.1, 0.15) is 12.4 Å². The second-order valence-electron chi connectivity index (χ2n) is 5.13. The first kappa shape index (κ1) is 16.1. The topological polar surface area (TPSA) is 35.5 Å². The molecule has 0 radical (unpaired) electrons. The molecule has 0 atom stereocenters. The lowest BCUT2D eigenvalue weighted by Gasteiger charge is -2.11. The molecule has 0 N–H and O–H groups in total. The molecule has 22 heavy (non-hydrogen) atoms. The molecule has 3 heteroatoms. The summed E-state index contributed by atoms with van der Waals surface area (Å²) in [5.74, 6) is 0.689. The smallest absolute Gasteiger partial charge is 0.305 e. The summed E-state index contributed by atoms with van der Waals surface area (Å²) in [7, 11) is 1.42. The van der Waals surface area contributed by atoms with Gasteiger partial charge in [0, 0.05) is 6.42 Å². The lowest BCUT2D eigenvalue weighted by molar-refractivity contribution is -0.140. The molecule has 0 spiro atoms. The van der Waals surface area contributed by atoms with E-state index in [-0.39, 0.29) is 5.97 Å². The number of esters is 1. The number of aryl methyl sites for hydroxylation is 2. The second kappa shape index (κ2) is 8.23. The Morgan fingerprint density at radius 1 is 1.05 bits per heavy atom. The summed E-state index contributed by atoms with van der Waals surface area (Å²) in [6, 6.07) is 16.2. The molecule has 0 amide bonds. The van der Waals surface area contributed by atoms with Crippen molar-refractivity contribution in [1.29, 1.82) is 0 Å². The monoisotopic (exact) mass is 298 g/mol. The first-order valence-electron chi connectivity index (χ1n) is 7.58. The Morgan fingerprint density at radius 3 is 2.50 bits per heavy atom. The lowest BCUT2D eigenvalue weighted by atomic mass is 10.0. The van der Waals surface area contributed by atoms with Crippen molar-refractivity contribution >= 4 is 5.97 Å². The van der Waals surface area contributed by atoms with Crippen LogP contribution in [0, 0.1) is 0 Å². The summed E-state index contributed by atoms with van der Waals surface area (Å²) in [5, 5.41) is 0. The van der Waals surface area contributed by atoms with Gasteiger partial charge in [-0.1, -0.05) is 43.3 Å². The van der Waals surface area contributed by atoms with Crippen molar-refractivity contribution in [3.63, 3.8) is 0 Å². The van der Waals surface area contributed by atoms with E-state index in [9.17, 15) is 4.79 Å². The lowest BCUT2D eigenvalue weighted by Crippen LogP contribution is -2.04. The van der Waals surface area contributed by atoms with Crippen molar-refractivity contribution in [2.75, 3.05) is 7.11 Å². The molecule has 0 aromatic heterocycles. The van der Waals surface area contributed by atoms with Gasteiger partial charge in [-0.05, 0) is 41.7 Å². The van der Waals surface area contributed by atoms with Crippen LogP contribution in [0.3, 0.4) is 0 Å². The Kier molecular flexibility index (Phi) is 6.01. The van der Waals surface area contributed by atoms with Gasteiger partial charge in [-0.15, -0.1) is 0 Å². The van der Waals surface area contributed by atoms with Gasteiger partial charge in [0.2, 0.25) is 0 Å². The van der Waals surface area contributed by atoms with E-state index in [1.54, 1.807) is 0 Å². The zero-order valence-electron chi connectivity index (χ0n) is 13.2. The van der Waals surface area contributed by atoms with Gasteiger partial charge in [-0.3, -0.25) is 4.79 Å². The molecule has 0 aliphatic heterocycles. The molecule has 0 saturated heterocycles. The van der Waals surface area contributed by atoms with Crippen molar-refractivity contribution in [3.05, 3.63) is 65.2 Å². The number of carbonyl (C=O) groups excluding carboxylic acids is 1. The molecule has 0 heterocycles. The van der Waals surface area contributed by atoms with Gasteiger partial charge in [0.25, 0.3) is 0 Å². The van der Waals surface area contributed by atoms with Crippen LogP contribution in [0.5, 0.6) is 5.75 Å². The predicted molar refractivity (Wildman–Crippen MR) is 86.9 cm³/mol. The highest BCUT2D eigenvalue weighted by Crippen LogP contribution is 2.21. The molecule has 0 aliphatic rings. The van der Waals surface area contributed by atoms with Crippen LogP contribution in [0.1, 0.15) is 30.0 Å². The molecule has 0 fully saturated rings. The minimum atomic E-state index is -0.175. The zero-order chi connectivity index (χ0) is 15.8. The van der Waals surface area contributed by atoms with Crippen molar-refractivity contribution < 1.29 is 14.3 Å². The SMILES string of the molecule is CCc1cc(OCc2ccccc2)ccc1CCC(=O)OC. The average molecular weight is 298 g/mol. The van der Waals surface area contributed by atoms with Crippen molar-refractivity contribution in [3.8, 4) is 5.75 Å². The maximum absolute atomic E-state index is 11.3. The molecule has 2 rings (SSSR count). The maximum atomic E-state index is 11.3. The number of benzene rings is 2. The van der Waals surface area contributed by atoms with E-state index in [2.05, 4.69) is 13.0 Å². The van der Waals surface area contributed by atoms with Crippen LogP contribution in [0.15, 0.2) is 48.5 Å². The Hall–Kier alpha value is -2.29. The number of ether oxygens (including phenoxy) is 2. The van der Waals surface area contributed by atoms with Crippen molar-refractivity contribution in [2.45, 2.75) is 32.8 Å². The first-order chi connectivity index (χ1) is 10.7. The fourth-order valence-corrected chi connectivity index (χ4v) is 2.34. The summed E-state index contributed by atoms with van der Waals surface area (Å²) < 4.78 is 10.5. The van der Waals surface area contributed by atoms with Crippen LogP contribution in [0.25, 0.3) is 0 Å². The van der Waals surface area contributed by atoms with Crippen LogP contribution < -0.4 is 4.74 Å². The minimum absolute atomic E-state index is 0.175. The van der Waals surface area contributed by atoms with E-state index in [0.717, 1.165) is 17.7 Å². The Balaban J connectivity index is 2.00. The fraction of sp³-hybridized carbons (Fsp3) is 0.316. The van der Waals surface area contributed by atoms with Crippen LogP contribution in [0.2, 0.25) is 0 Å². The standard InChI is InChI=1S/C19H22O3/c1-3-16-13-18(22-14-15-7-5-4-6-8-15)11-9-17(16)10-12-19(20)21-2/h4-9,11,13H,3,10,12,14H2,1-2H3. The molecule has 2 aromatic rings. The molecule has 0 aliphatic carbocycles. The molecule has 3 nitrogen and oxygen atoms in total. The fourth-order valence-electron chi connectivity index (χ4n) is 2.34. The maximum Gasteiger partial charge on any atom is 0.305 e. The van der Waals surface area contributed by atoms with Crippen LogP contribution in [-0.2, 0) is 29.0 Å². The molecule has 0 unspecified atom stereocenters. The van der Waals surface area contributed by atoms with Gasteiger partial charge < -0.3 is 9.47 Å². The molecule has 0 bridgehead atoms. The van der Waals surface area contributed by atoms with Crippen LogP contribution >= 0.6 is 0 Å². The molecule has 116 valence electrons. The van der Waals surface area contributed by atoms with E-state index in [0.29, 0.717) is 19.4 Å². The van der Waals surface area contributed by atoms with E-state index in [4.69, 9.17) is 9.47 Å². The van der Waals surface area contributed by atoms with Crippen molar-refractivity contribution in [2.24, 2.45) is 0 Å². The number of methoxy groups -OCH3 is 1. The first-order valence-corrected chi connectivity index (χ1v) is 7.58. The average Bonchev–Trinajstić information content (AvgIpc) is 2.58. The minimum Gasteiger partial charge on any atom is -0.489 e.